The molecular formula is C24H29N5O3S. The number of rotatable bonds is 5. The standard InChI is InChI=1S/C24H29N5O3S/c1-17(28-9-7-27(8-10-28)15-20(30)29-11-13-32-14-12-29)22-25-23(31)21-19(16-33-24(21)26-22)18-5-3-2-4-6-18/h2-6,16-17H,7-15H2,1H3,(H,25,26,31)/t17-/m1/s1. The molecule has 2 aliphatic heterocycles. The number of piperazine rings is 1. The molecule has 1 aromatic carbocycles. The van der Waals surface area contributed by atoms with Gasteiger partial charge >= 0.3 is 0 Å². The van der Waals surface area contributed by atoms with Crippen LogP contribution in [0.2, 0.25) is 0 Å². The number of benzene rings is 1. The van der Waals surface area contributed by atoms with E-state index in [1.165, 1.54) is 11.3 Å². The number of H-pyrrole nitrogens is 1. The number of aromatic amines is 1. The number of hydrogen-bond donors (Lipinski definition) is 1. The summed E-state index contributed by atoms with van der Waals surface area (Å²) in [5.41, 5.74) is 1.87. The van der Waals surface area contributed by atoms with Crippen molar-refractivity contribution in [1.29, 1.82) is 0 Å². The number of amides is 1. The van der Waals surface area contributed by atoms with E-state index >= 15 is 0 Å². The molecule has 9 heteroatoms. The number of thiophene rings is 1. The van der Waals surface area contributed by atoms with E-state index in [1.807, 2.05) is 40.6 Å². The highest BCUT2D eigenvalue weighted by atomic mass is 32.1. The summed E-state index contributed by atoms with van der Waals surface area (Å²) in [4.78, 5) is 40.6. The van der Waals surface area contributed by atoms with Crippen LogP contribution in [-0.4, -0.2) is 89.6 Å². The summed E-state index contributed by atoms with van der Waals surface area (Å²) in [5.74, 6) is 0.884. The molecule has 174 valence electrons. The van der Waals surface area contributed by atoms with Gasteiger partial charge in [0.2, 0.25) is 5.91 Å². The molecule has 0 aliphatic carbocycles. The van der Waals surface area contributed by atoms with Gasteiger partial charge in [-0.3, -0.25) is 19.4 Å². The first-order valence-corrected chi connectivity index (χ1v) is 12.4. The van der Waals surface area contributed by atoms with Crippen LogP contribution in [0.1, 0.15) is 18.8 Å². The zero-order valence-electron chi connectivity index (χ0n) is 18.8. The van der Waals surface area contributed by atoms with Crippen molar-refractivity contribution in [2.24, 2.45) is 0 Å². The lowest BCUT2D eigenvalue weighted by Crippen LogP contribution is -2.52. The molecular weight excluding hydrogens is 438 g/mol. The van der Waals surface area contributed by atoms with Crippen LogP contribution in [0.25, 0.3) is 21.3 Å². The Hall–Kier alpha value is -2.59. The van der Waals surface area contributed by atoms with Gasteiger partial charge in [0.15, 0.2) is 0 Å². The maximum absolute atomic E-state index is 13.0. The van der Waals surface area contributed by atoms with Crippen LogP contribution in [0.3, 0.4) is 0 Å². The van der Waals surface area contributed by atoms with Gasteiger partial charge in [0.1, 0.15) is 10.7 Å². The van der Waals surface area contributed by atoms with Gasteiger partial charge in [0.25, 0.3) is 5.56 Å². The van der Waals surface area contributed by atoms with Gasteiger partial charge in [-0.05, 0) is 12.5 Å². The second kappa shape index (κ2) is 9.72. The predicted octanol–water partition coefficient (Wildman–Crippen LogP) is 2.19. The van der Waals surface area contributed by atoms with Crippen LogP contribution >= 0.6 is 11.3 Å². The number of carbonyl (C=O) groups excluding carboxylic acids is 1. The van der Waals surface area contributed by atoms with Crippen molar-refractivity contribution in [1.82, 2.24) is 24.7 Å². The molecule has 0 bridgehead atoms. The van der Waals surface area contributed by atoms with E-state index in [0.717, 1.165) is 42.1 Å². The maximum atomic E-state index is 13.0. The van der Waals surface area contributed by atoms with Crippen molar-refractivity contribution in [3.05, 3.63) is 51.9 Å². The average Bonchev–Trinajstić information content (AvgIpc) is 3.30. The number of aromatic nitrogens is 2. The Morgan fingerprint density at radius 2 is 1.85 bits per heavy atom. The fourth-order valence-corrected chi connectivity index (χ4v) is 5.53. The zero-order chi connectivity index (χ0) is 22.8. The molecule has 2 aromatic heterocycles. The fraction of sp³-hybridized carbons (Fsp3) is 0.458. The molecule has 4 heterocycles. The Kier molecular flexibility index (Phi) is 6.55. The van der Waals surface area contributed by atoms with Crippen molar-refractivity contribution >= 4 is 27.5 Å². The van der Waals surface area contributed by atoms with Gasteiger partial charge in [-0.1, -0.05) is 30.3 Å². The van der Waals surface area contributed by atoms with Gasteiger partial charge in [-0.2, -0.15) is 0 Å². The normalized spacial score (nSPS) is 19.1. The van der Waals surface area contributed by atoms with Crippen molar-refractivity contribution in [2.45, 2.75) is 13.0 Å². The van der Waals surface area contributed by atoms with E-state index in [4.69, 9.17) is 9.72 Å². The molecule has 0 saturated carbocycles. The van der Waals surface area contributed by atoms with E-state index in [9.17, 15) is 9.59 Å². The Morgan fingerprint density at radius 3 is 2.58 bits per heavy atom. The predicted molar refractivity (Wildman–Crippen MR) is 130 cm³/mol. The van der Waals surface area contributed by atoms with Gasteiger partial charge in [-0.15, -0.1) is 11.3 Å². The van der Waals surface area contributed by atoms with Gasteiger partial charge < -0.3 is 14.6 Å². The number of fused-ring (bicyclic) bond motifs is 1. The third-order valence-electron chi connectivity index (χ3n) is 6.62. The van der Waals surface area contributed by atoms with Crippen molar-refractivity contribution < 1.29 is 9.53 Å². The minimum absolute atomic E-state index is 0.00136. The molecule has 1 atom stereocenters. The highest BCUT2D eigenvalue weighted by Gasteiger charge is 2.27. The van der Waals surface area contributed by atoms with Crippen molar-refractivity contribution in [2.75, 3.05) is 59.0 Å². The second-order valence-corrected chi connectivity index (χ2v) is 9.49. The first-order chi connectivity index (χ1) is 16.1. The summed E-state index contributed by atoms with van der Waals surface area (Å²) in [6, 6.07) is 9.96. The zero-order valence-corrected chi connectivity index (χ0v) is 19.6. The topological polar surface area (TPSA) is 81.8 Å². The number of morpholine rings is 1. The summed E-state index contributed by atoms with van der Waals surface area (Å²) >= 11 is 1.51. The minimum Gasteiger partial charge on any atom is -0.378 e. The quantitative estimate of drug-likeness (QED) is 0.620. The largest absolute Gasteiger partial charge is 0.378 e. The molecule has 3 aromatic rings. The first kappa shape index (κ1) is 22.2. The van der Waals surface area contributed by atoms with E-state index in [1.54, 1.807) is 0 Å². The van der Waals surface area contributed by atoms with Crippen molar-refractivity contribution in [3.63, 3.8) is 0 Å². The van der Waals surface area contributed by atoms with Crippen LogP contribution in [0.4, 0.5) is 0 Å². The minimum atomic E-state index is -0.0864. The van der Waals surface area contributed by atoms with E-state index in [0.29, 0.717) is 44.1 Å². The van der Waals surface area contributed by atoms with E-state index < -0.39 is 0 Å². The molecule has 0 unspecified atom stereocenters. The third-order valence-corrected chi connectivity index (χ3v) is 7.49. The van der Waals surface area contributed by atoms with Crippen LogP contribution < -0.4 is 5.56 Å². The number of nitrogens with one attached hydrogen (secondary N) is 1. The van der Waals surface area contributed by atoms with Crippen LogP contribution in [0.15, 0.2) is 40.5 Å². The number of nitrogens with zero attached hydrogens (tertiary/aromatic N) is 4. The molecule has 8 nitrogen and oxygen atoms in total. The van der Waals surface area contributed by atoms with Crippen LogP contribution in [0.5, 0.6) is 0 Å². The van der Waals surface area contributed by atoms with Crippen LogP contribution in [-0.2, 0) is 9.53 Å². The Bertz CT molecular complexity index is 1160. The first-order valence-electron chi connectivity index (χ1n) is 11.5. The Morgan fingerprint density at radius 1 is 1.12 bits per heavy atom. The third kappa shape index (κ3) is 4.72. The molecule has 0 spiro atoms. The second-order valence-electron chi connectivity index (χ2n) is 8.63. The smallest absolute Gasteiger partial charge is 0.260 e. The lowest BCUT2D eigenvalue weighted by molar-refractivity contribution is -0.137. The molecule has 1 amide bonds. The molecule has 2 aliphatic rings. The molecule has 1 N–H and O–H groups in total. The lowest BCUT2D eigenvalue weighted by Gasteiger charge is -2.38. The van der Waals surface area contributed by atoms with Gasteiger partial charge in [-0.25, -0.2) is 4.98 Å². The summed E-state index contributed by atoms with van der Waals surface area (Å²) in [5, 5.41) is 2.68. The molecule has 2 saturated heterocycles. The summed E-state index contributed by atoms with van der Waals surface area (Å²) in [7, 11) is 0. The number of carbonyl (C=O) groups is 1. The fourth-order valence-electron chi connectivity index (χ4n) is 4.58. The Balaban J connectivity index is 1.25. The molecule has 0 radical (unpaired) electrons. The molecule has 33 heavy (non-hydrogen) atoms. The summed E-state index contributed by atoms with van der Waals surface area (Å²) < 4.78 is 5.34. The highest BCUT2D eigenvalue weighted by Crippen LogP contribution is 2.31. The number of hydrogen-bond acceptors (Lipinski definition) is 7. The molecule has 5 rings (SSSR count). The van der Waals surface area contributed by atoms with Gasteiger partial charge in [0, 0.05) is 50.2 Å². The monoisotopic (exact) mass is 467 g/mol. The number of ether oxygens (including phenoxy) is 1. The lowest BCUT2D eigenvalue weighted by atomic mass is 10.1. The summed E-state index contributed by atoms with van der Waals surface area (Å²) in [6.45, 7) is 8.49. The van der Waals surface area contributed by atoms with Crippen LogP contribution in [0, 0.1) is 0 Å². The van der Waals surface area contributed by atoms with Gasteiger partial charge in [0.05, 0.1) is 31.2 Å². The van der Waals surface area contributed by atoms with E-state index in [-0.39, 0.29) is 17.5 Å². The Labute approximate surface area is 196 Å². The SMILES string of the molecule is C[C@H](c1nc2scc(-c3ccccc3)c2c(=O)[nH]1)N1CCN(CC(=O)N2CCOCC2)CC1. The summed E-state index contributed by atoms with van der Waals surface area (Å²) in [6.07, 6.45) is 0. The van der Waals surface area contributed by atoms with E-state index in [2.05, 4.69) is 21.7 Å². The van der Waals surface area contributed by atoms with Crippen molar-refractivity contribution in [3.8, 4) is 11.1 Å². The highest BCUT2D eigenvalue weighted by molar-refractivity contribution is 7.17. The average molecular weight is 468 g/mol. The maximum Gasteiger partial charge on any atom is 0.260 e. The molecule has 2 fully saturated rings.